The van der Waals surface area contributed by atoms with Gasteiger partial charge in [0.25, 0.3) is 0 Å². The Balaban J connectivity index is 2.97. The third-order valence-electron chi connectivity index (χ3n) is 6.45. The molecule has 0 unspecified atom stereocenters. The number of hydrogen-bond donors (Lipinski definition) is 0. The second kappa shape index (κ2) is 28.9. The molecule has 0 amide bonds. The minimum absolute atomic E-state index is 0.941. The van der Waals surface area contributed by atoms with E-state index in [2.05, 4.69) is 0 Å². The van der Waals surface area contributed by atoms with Crippen LogP contribution in [0.5, 0.6) is 0 Å². The Bertz CT molecular complexity index is 252. The molecule has 0 aliphatic heterocycles. The lowest BCUT2D eigenvalue weighted by atomic mass is 10.0. The summed E-state index contributed by atoms with van der Waals surface area (Å²) in [7, 11) is 3.61. The Kier molecular flexibility index (Phi) is 28.8. The molecule has 0 heterocycles. The van der Waals surface area contributed by atoms with Crippen molar-refractivity contribution in [2.75, 3.05) is 27.4 Å². The summed E-state index contributed by atoms with van der Waals surface area (Å²) in [5.74, 6) is 0. The quantitative estimate of drug-likeness (QED) is 0.122. The number of methoxy groups -OCH3 is 2. The summed E-state index contributed by atoms with van der Waals surface area (Å²) in [5, 5.41) is 0. The van der Waals surface area contributed by atoms with Gasteiger partial charge < -0.3 is 9.47 Å². The van der Waals surface area contributed by atoms with E-state index in [0.29, 0.717) is 0 Å². The molecule has 0 bridgehead atoms. The van der Waals surface area contributed by atoms with Crippen LogP contribution in [0.1, 0.15) is 154 Å². The molecule has 0 fully saturated rings. The molecule has 0 spiro atoms. The maximum Gasteiger partial charge on any atom is 0.0462 e. The summed E-state index contributed by atoms with van der Waals surface area (Å²) in [6, 6.07) is 0. The van der Waals surface area contributed by atoms with E-state index in [1.54, 1.807) is 14.2 Å². The smallest absolute Gasteiger partial charge is 0.0462 e. The summed E-state index contributed by atoms with van der Waals surface area (Å²) in [4.78, 5) is 0. The highest BCUT2D eigenvalue weighted by atomic mass is 16.5. The van der Waals surface area contributed by atoms with Gasteiger partial charge in [0.05, 0.1) is 0 Å². The zero-order chi connectivity index (χ0) is 21.8. The number of rotatable bonds is 27. The zero-order valence-corrected chi connectivity index (χ0v) is 21.2. The molecule has 0 saturated carbocycles. The third kappa shape index (κ3) is 27.9. The Morgan fingerprint density at radius 1 is 0.233 bits per heavy atom. The molecule has 2 heteroatoms. The van der Waals surface area contributed by atoms with Gasteiger partial charge in [-0.2, -0.15) is 0 Å². The summed E-state index contributed by atoms with van der Waals surface area (Å²) in [6.45, 7) is 1.88. The number of ether oxygens (including phenoxy) is 2. The van der Waals surface area contributed by atoms with Crippen molar-refractivity contribution in [1.29, 1.82) is 0 Å². The fourth-order valence-corrected chi connectivity index (χ4v) is 4.38. The van der Waals surface area contributed by atoms with Crippen LogP contribution in [0, 0.1) is 0 Å². The van der Waals surface area contributed by atoms with Crippen LogP contribution < -0.4 is 0 Å². The van der Waals surface area contributed by atoms with Crippen LogP contribution in [-0.4, -0.2) is 27.4 Å². The predicted molar refractivity (Wildman–Crippen MR) is 135 cm³/mol. The summed E-state index contributed by atoms with van der Waals surface area (Å²) < 4.78 is 10.2. The van der Waals surface area contributed by atoms with Crippen molar-refractivity contribution in [2.24, 2.45) is 0 Å². The van der Waals surface area contributed by atoms with Crippen molar-refractivity contribution in [1.82, 2.24) is 0 Å². The molecule has 0 radical (unpaired) electrons. The van der Waals surface area contributed by atoms with Crippen molar-refractivity contribution in [2.45, 2.75) is 154 Å². The Morgan fingerprint density at radius 3 is 0.500 bits per heavy atom. The summed E-state index contributed by atoms with van der Waals surface area (Å²) in [5.41, 5.74) is 0. The van der Waals surface area contributed by atoms with E-state index >= 15 is 0 Å². The molecule has 0 aliphatic rings. The largest absolute Gasteiger partial charge is 0.385 e. The first-order chi connectivity index (χ1) is 14.9. The lowest BCUT2D eigenvalue weighted by Crippen LogP contribution is -1.88. The van der Waals surface area contributed by atoms with Crippen LogP contribution in [-0.2, 0) is 9.47 Å². The van der Waals surface area contributed by atoms with Crippen LogP contribution in [0.15, 0.2) is 0 Å². The standard InChI is InChI=1S/C28H58O2/c1-29-27-25-23-21-19-17-15-13-11-9-7-5-3-4-6-8-10-12-14-16-18-20-22-24-26-28-30-2/h3-28H2,1-2H3. The lowest BCUT2D eigenvalue weighted by molar-refractivity contribution is 0.192. The van der Waals surface area contributed by atoms with Gasteiger partial charge in [-0.05, 0) is 12.8 Å². The van der Waals surface area contributed by atoms with Crippen LogP contribution in [0.4, 0.5) is 0 Å². The maximum absolute atomic E-state index is 5.09. The molecule has 0 atom stereocenters. The molecular formula is C28H58O2. The monoisotopic (exact) mass is 426 g/mol. The van der Waals surface area contributed by atoms with Crippen molar-refractivity contribution < 1.29 is 9.47 Å². The maximum atomic E-state index is 5.09. The van der Waals surface area contributed by atoms with E-state index in [1.807, 2.05) is 0 Å². The molecule has 0 saturated heterocycles. The summed E-state index contributed by atoms with van der Waals surface area (Å²) in [6.07, 6.45) is 34.3. The van der Waals surface area contributed by atoms with Gasteiger partial charge in [0.2, 0.25) is 0 Å². The van der Waals surface area contributed by atoms with Gasteiger partial charge >= 0.3 is 0 Å². The van der Waals surface area contributed by atoms with Gasteiger partial charge in [-0.15, -0.1) is 0 Å². The Labute approximate surface area is 191 Å². The fourth-order valence-electron chi connectivity index (χ4n) is 4.38. The van der Waals surface area contributed by atoms with Crippen molar-refractivity contribution in [3.8, 4) is 0 Å². The Morgan fingerprint density at radius 2 is 0.367 bits per heavy atom. The predicted octanol–water partition coefficient (Wildman–Crippen LogP) is 9.64. The molecule has 30 heavy (non-hydrogen) atoms. The SMILES string of the molecule is COCCCCCCCCCCCCCCCCCCCCCCCCCCOC. The minimum Gasteiger partial charge on any atom is -0.385 e. The highest BCUT2D eigenvalue weighted by molar-refractivity contribution is 4.51. The fraction of sp³-hybridized carbons (Fsp3) is 1.00. The van der Waals surface area contributed by atoms with Crippen molar-refractivity contribution in [3.63, 3.8) is 0 Å². The number of hydrogen-bond acceptors (Lipinski definition) is 2. The Hall–Kier alpha value is -0.0800. The highest BCUT2D eigenvalue weighted by Crippen LogP contribution is 2.15. The van der Waals surface area contributed by atoms with Crippen molar-refractivity contribution in [3.05, 3.63) is 0 Å². The van der Waals surface area contributed by atoms with Crippen LogP contribution in [0.2, 0.25) is 0 Å². The van der Waals surface area contributed by atoms with E-state index in [4.69, 9.17) is 9.47 Å². The average molecular weight is 427 g/mol. The minimum atomic E-state index is 0.941. The molecule has 0 N–H and O–H groups in total. The van der Waals surface area contributed by atoms with Gasteiger partial charge in [-0.3, -0.25) is 0 Å². The van der Waals surface area contributed by atoms with E-state index in [1.165, 1.54) is 154 Å². The first-order valence-electron chi connectivity index (χ1n) is 13.9. The second-order valence-electron chi connectivity index (χ2n) is 9.47. The van der Waals surface area contributed by atoms with Gasteiger partial charge in [-0.25, -0.2) is 0 Å². The first-order valence-corrected chi connectivity index (χ1v) is 13.9. The van der Waals surface area contributed by atoms with E-state index in [9.17, 15) is 0 Å². The molecule has 182 valence electrons. The normalized spacial score (nSPS) is 11.4. The molecule has 2 nitrogen and oxygen atoms in total. The van der Waals surface area contributed by atoms with Gasteiger partial charge in [0.1, 0.15) is 0 Å². The van der Waals surface area contributed by atoms with Crippen LogP contribution in [0.3, 0.4) is 0 Å². The first kappa shape index (κ1) is 29.9. The average Bonchev–Trinajstić information content (AvgIpc) is 2.76. The topological polar surface area (TPSA) is 18.5 Å². The van der Waals surface area contributed by atoms with E-state index < -0.39 is 0 Å². The van der Waals surface area contributed by atoms with Gasteiger partial charge in [0.15, 0.2) is 0 Å². The number of unbranched alkanes of at least 4 members (excludes halogenated alkanes) is 23. The van der Waals surface area contributed by atoms with Crippen LogP contribution >= 0.6 is 0 Å². The third-order valence-corrected chi connectivity index (χ3v) is 6.45. The van der Waals surface area contributed by atoms with E-state index in [0.717, 1.165) is 13.2 Å². The second-order valence-corrected chi connectivity index (χ2v) is 9.47. The lowest BCUT2D eigenvalue weighted by Gasteiger charge is -2.04. The van der Waals surface area contributed by atoms with Crippen LogP contribution in [0.25, 0.3) is 0 Å². The van der Waals surface area contributed by atoms with Gasteiger partial charge in [-0.1, -0.05) is 141 Å². The zero-order valence-electron chi connectivity index (χ0n) is 21.2. The molecule has 0 aliphatic carbocycles. The summed E-state index contributed by atoms with van der Waals surface area (Å²) >= 11 is 0. The molecule has 0 aromatic carbocycles. The van der Waals surface area contributed by atoms with Crippen molar-refractivity contribution >= 4 is 0 Å². The highest BCUT2D eigenvalue weighted by Gasteiger charge is 1.96. The molecule has 0 aromatic heterocycles. The molecule has 0 rings (SSSR count). The molecule has 0 aromatic rings. The van der Waals surface area contributed by atoms with Gasteiger partial charge in [0, 0.05) is 27.4 Å². The molecular weight excluding hydrogens is 368 g/mol. The van der Waals surface area contributed by atoms with E-state index in [-0.39, 0.29) is 0 Å².